The second kappa shape index (κ2) is 6.32. The number of thiophene rings is 1. The highest BCUT2D eigenvalue weighted by Gasteiger charge is 2.25. The number of hydrogen-bond acceptors (Lipinski definition) is 4. The van der Waals surface area contributed by atoms with Gasteiger partial charge in [0.15, 0.2) is 0 Å². The summed E-state index contributed by atoms with van der Waals surface area (Å²) in [5.74, 6) is 0.785. The number of nitrogens with one attached hydrogen (secondary N) is 1. The highest BCUT2D eigenvalue weighted by Crippen LogP contribution is 2.36. The number of rotatable bonds is 3. The summed E-state index contributed by atoms with van der Waals surface area (Å²) in [5, 5.41) is 0.844. The fraction of sp³-hybridized carbons (Fsp3) is 0.429. The predicted octanol–water partition coefficient (Wildman–Crippen LogP) is 3.98. The molecule has 0 saturated heterocycles. The van der Waals surface area contributed by atoms with Gasteiger partial charge in [-0.25, -0.2) is 4.98 Å². The van der Waals surface area contributed by atoms with Crippen molar-refractivity contribution >= 4 is 21.6 Å². The summed E-state index contributed by atoms with van der Waals surface area (Å²) in [5.41, 5.74) is 4.18. The summed E-state index contributed by atoms with van der Waals surface area (Å²) >= 11 is 1.72. The number of H-pyrrole nitrogens is 1. The lowest BCUT2D eigenvalue weighted by Crippen LogP contribution is -2.29. The van der Waals surface area contributed by atoms with E-state index >= 15 is 0 Å². The smallest absolute Gasteiger partial charge is 0.259 e. The third-order valence-electron chi connectivity index (χ3n) is 5.89. The standard InChI is InChI=1S/C21H23N3OS/c1-24(16-10-4-7-13-6-2-3-8-14(13)16)12-18-22-20(25)19-15-9-5-11-17(15)26-21(19)23-18/h2-3,6,8,16H,4-5,7,9-12H2,1H3,(H,22,23,25)/t16-/m0/s1. The molecule has 0 fully saturated rings. The molecule has 0 bridgehead atoms. The zero-order valence-electron chi connectivity index (χ0n) is 15.0. The minimum Gasteiger partial charge on any atom is -0.309 e. The molecule has 2 heterocycles. The molecular formula is C21H23N3OS. The van der Waals surface area contributed by atoms with Crippen LogP contribution >= 0.6 is 11.3 Å². The van der Waals surface area contributed by atoms with Crippen LogP contribution in [-0.2, 0) is 25.8 Å². The molecule has 26 heavy (non-hydrogen) atoms. The van der Waals surface area contributed by atoms with Gasteiger partial charge < -0.3 is 4.98 Å². The first-order valence-corrected chi connectivity index (χ1v) is 10.3. The third kappa shape index (κ3) is 2.61. The van der Waals surface area contributed by atoms with Gasteiger partial charge in [0, 0.05) is 10.9 Å². The Hall–Kier alpha value is -1.98. The van der Waals surface area contributed by atoms with E-state index in [-0.39, 0.29) is 5.56 Å². The molecule has 2 aliphatic carbocycles. The second-order valence-corrected chi connectivity index (χ2v) is 8.66. The molecule has 4 nitrogen and oxygen atoms in total. The van der Waals surface area contributed by atoms with Crippen LogP contribution in [0.15, 0.2) is 29.1 Å². The Morgan fingerprint density at radius 3 is 3.04 bits per heavy atom. The molecule has 0 saturated carbocycles. The van der Waals surface area contributed by atoms with Gasteiger partial charge in [0.1, 0.15) is 10.7 Å². The van der Waals surface area contributed by atoms with Crippen LogP contribution in [0.5, 0.6) is 0 Å². The quantitative estimate of drug-likeness (QED) is 0.764. The fourth-order valence-corrected chi connectivity index (χ4v) is 5.94. The van der Waals surface area contributed by atoms with Crippen LogP contribution in [0.25, 0.3) is 10.2 Å². The molecule has 1 atom stereocenters. The largest absolute Gasteiger partial charge is 0.309 e. The number of aromatic amines is 1. The highest BCUT2D eigenvalue weighted by molar-refractivity contribution is 7.18. The van der Waals surface area contributed by atoms with E-state index in [0.717, 1.165) is 35.3 Å². The molecule has 2 aliphatic rings. The van der Waals surface area contributed by atoms with Gasteiger partial charge in [0.25, 0.3) is 5.56 Å². The molecular weight excluding hydrogens is 342 g/mol. The first kappa shape index (κ1) is 16.2. The molecule has 2 aromatic heterocycles. The van der Waals surface area contributed by atoms with Crippen LogP contribution in [0.3, 0.4) is 0 Å². The minimum absolute atomic E-state index is 0.0434. The predicted molar refractivity (Wildman–Crippen MR) is 106 cm³/mol. The van der Waals surface area contributed by atoms with Gasteiger partial charge in [-0.1, -0.05) is 24.3 Å². The molecule has 0 unspecified atom stereocenters. The lowest BCUT2D eigenvalue weighted by atomic mass is 9.87. The summed E-state index contributed by atoms with van der Waals surface area (Å²) in [7, 11) is 2.14. The van der Waals surface area contributed by atoms with Gasteiger partial charge in [-0.15, -0.1) is 11.3 Å². The molecule has 5 heteroatoms. The first-order valence-electron chi connectivity index (χ1n) is 9.52. The van der Waals surface area contributed by atoms with E-state index in [9.17, 15) is 4.79 Å². The van der Waals surface area contributed by atoms with Crippen LogP contribution in [-0.4, -0.2) is 21.9 Å². The van der Waals surface area contributed by atoms with Gasteiger partial charge in [-0.3, -0.25) is 9.69 Å². The zero-order chi connectivity index (χ0) is 17.7. The Morgan fingerprint density at radius 1 is 1.23 bits per heavy atom. The third-order valence-corrected chi connectivity index (χ3v) is 7.08. The normalized spacial score (nSPS) is 19.1. The number of fused-ring (bicyclic) bond motifs is 4. The van der Waals surface area contributed by atoms with Gasteiger partial charge in [0.2, 0.25) is 0 Å². The van der Waals surface area contributed by atoms with E-state index in [1.54, 1.807) is 11.3 Å². The molecule has 3 aromatic rings. The van der Waals surface area contributed by atoms with Gasteiger partial charge >= 0.3 is 0 Å². The summed E-state index contributed by atoms with van der Waals surface area (Å²) < 4.78 is 0. The fourth-order valence-electron chi connectivity index (χ4n) is 4.65. The van der Waals surface area contributed by atoms with Crippen molar-refractivity contribution in [2.24, 2.45) is 0 Å². The number of aryl methyl sites for hydroxylation is 3. The van der Waals surface area contributed by atoms with Gasteiger partial charge in [0.05, 0.1) is 11.9 Å². The maximum Gasteiger partial charge on any atom is 0.259 e. The monoisotopic (exact) mass is 365 g/mol. The summed E-state index contributed by atoms with van der Waals surface area (Å²) in [4.78, 5) is 25.2. The average Bonchev–Trinajstić information content (AvgIpc) is 3.21. The van der Waals surface area contributed by atoms with E-state index in [2.05, 4.69) is 41.2 Å². The Morgan fingerprint density at radius 2 is 2.12 bits per heavy atom. The minimum atomic E-state index is 0.0434. The number of hydrogen-bond donors (Lipinski definition) is 1. The van der Waals surface area contributed by atoms with Crippen molar-refractivity contribution in [2.45, 2.75) is 51.1 Å². The van der Waals surface area contributed by atoms with Crippen molar-refractivity contribution in [3.05, 3.63) is 62.0 Å². The van der Waals surface area contributed by atoms with Crippen LogP contribution in [0, 0.1) is 0 Å². The van der Waals surface area contributed by atoms with Crippen molar-refractivity contribution in [3.8, 4) is 0 Å². The SMILES string of the molecule is CN(Cc1nc2sc3c(c2c(=O)[nH]1)CCC3)[C@H]1CCCc2ccccc21. The van der Waals surface area contributed by atoms with E-state index < -0.39 is 0 Å². The van der Waals surface area contributed by atoms with E-state index in [4.69, 9.17) is 4.98 Å². The number of benzene rings is 1. The molecule has 134 valence electrons. The van der Waals surface area contributed by atoms with Crippen LogP contribution in [0.1, 0.15) is 52.7 Å². The van der Waals surface area contributed by atoms with E-state index in [0.29, 0.717) is 12.6 Å². The second-order valence-electron chi connectivity index (χ2n) is 7.57. The average molecular weight is 366 g/mol. The van der Waals surface area contributed by atoms with Crippen LogP contribution in [0.4, 0.5) is 0 Å². The van der Waals surface area contributed by atoms with Crippen LogP contribution < -0.4 is 5.56 Å². The Labute approximate surface area is 156 Å². The lowest BCUT2D eigenvalue weighted by Gasteiger charge is -2.33. The molecule has 0 radical (unpaired) electrons. The Kier molecular flexibility index (Phi) is 3.94. The van der Waals surface area contributed by atoms with Crippen molar-refractivity contribution in [1.82, 2.24) is 14.9 Å². The van der Waals surface area contributed by atoms with Crippen molar-refractivity contribution in [1.29, 1.82) is 0 Å². The summed E-state index contributed by atoms with van der Waals surface area (Å²) in [6.07, 6.45) is 6.84. The van der Waals surface area contributed by atoms with Crippen molar-refractivity contribution < 1.29 is 0 Å². The topological polar surface area (TPSA) is 49.0 Å². The van der Waals surface area contributed by atoms with Crippen LogP contribution in [0.2, 0.25) is 0 Å². The lowest BCUT2D eigenvalue weighted by molar-refractivity contribution is 0.208. The number of aromatic nitrogens is 2. The highest BCUT2D eigenvalue weighted by atomic mass is 32.1. The molecule has 0 spiro atoms. The van der Waals surface area contributed by atoms with E-state index in [1.807, 2.05) is 0 Å². The number of nitrogens with zero attached hydrogens (tertiary/aromatic N) is 2. The molecule has 0 aliphatic heterocycles. The summed E-state index contributed by atoms with van der Waals surface area (Å²) in [6.45, 7) is 0.673. The Bertz CT molecular complexity index is 1040. The zero-order valence-corrected chi connectivity index (χ0v) is 15.9. The van der Waals surface area contributed by atoms with Gasteiger partial charge in [-0.05, 0) is 62.3 Å². The maximum atomic E-state index is 12.7. The first-order chi connectivity index (χ1) is 12.7. The van der Waals surface area contributed by atoms with Gasteiger partial charge in [-0.2, -0.15) is 0 Å². The van der Waals surface area contributed by atoms with Crippen molar-refractivity contribution in [3.63, 3.8) is 0 Å². The van der Waals surface area contributed by atoms with E-state index in [1.165, 1.54) is 40.8 Å². The van der Waals surface area contributed by atoms with Crippen molar-refractivity contribution in [2.75, 3.05) is 7.05 Å². The molecule has 5 rings (SSSR count). The molecule has 0 amide bonds. The maximum absolute atomic E-state index is 12.7. The molecule has 1 N–H and O–H groups in total. The summed E-state index contributed by atoms with van der Waals surface area (Å²) in [6, 6.07) is 9.15. The molecule has 1 aromatic carbocycles. The Balaban J connectivity index is 1.46.